The molecule has 1 N–H and O–H groups in total. The van der Waals surface area contributed by atoms with Crippen LogP contribution in [0.25, 0.3) is 0 Å². The van der Waals surface area contributed by atoms with Gasteiger partial charge in [0.25, 0.3) is 0 Å². The van der Waals surface area contributed by atoms with Crippen LogP contribution in [0, 0.1) is 11.6 Å². The van der Waals surface area contributed by atoms with Crippen LogP contribution < -0.4 is 0 Å². The molecule has 0 aliphatic carbocycles. The second kappa shape index (κ2) is 6.50. The van der Waals surface area contributed by atoms with E-state index in [9.17, 15) is 13.9 Å². The van der Waals surface area contributed by atoms with Gasteiger partial charge in [0.15, 0.2) is 0 Å². The van der Waals surface area contributed by atoms with Crippen molar-refractivity contribution in [2.45, 2.75) is 56.3 Å². The third-order valence-corrected chi connectivity index (χ3v) is 5.77. The van der Waals surface area contributed by atoms with Crippen LogP contribution >= 0.6 is 0 Å². The number of rotatable bonds is 3. The van der Waals surface area contributed by atoms with Crippen molar-refractivity contribution in [1.29, 1.82) is 0 Å². The smallest absolute Gasteiger partial charge is 0.126 e. The molecule has 0 aromatic heterocycles. The van der Waals surface area contributed by atoms with Crippen LogP contribution in [-0.2, 0) is 12.1 Å². The minimum Gasteiger partial charge on any atom is -0.385 e. The Balaban J connectivity index is 1.60. The van der Waals surface area contributed by atoms with Gasteiger partial charge in [0.05, 0.1) is 5.60 Å². The molecule has 2 unspecified atom stereocenters. The summed E-state index contributed by atoms with van der Waals surface area (Å²) in [5.74, 6) is -1.25. The lowest BCUT2D eigenvalue weighted by Crippen LogP contribution is -2.56. The molecule has 0 saturated carbocycles. The molecule has 2 fully saturated rings. The van der Waals surface area contributed by atoms with Gasteiger partial charge < -0.3 is 5.11 Å². The largest absolute Gasteiger partial charge is 0.385 e. The van der Waals surface area contributed by atoms with E-state index in [2.05, 4.69) is 17.0 Å². The molecular weight excluding hydrogens is 320 g/mol. The van der Waals surface area contributed by atoms with Crippen LogP contribution in [0.15, 0.2) is 48.5 Å². The maximum absolute atomic E-state index is 13.6. The van der Waals surface area contributed by atoms with E-state index in [1.165, 1.54) is 17.7 Å². The van der Waals surface area contributed by atoms with Crippen molar-refractivity contribution >= 4 is 0 Å². The lowest BCUT2D eigenvalue weighted by Gasteiger charge is -2.52. The van der Waals surface area contributed by atoms with Gasteiger partial charge in [-0.1, -0.05) is 36.8 Å². The summed E-state index contributed by atoms with van der Waals surface area (Å²) in [5, 5.41) is 11.2. The molecular formula is C21H23F2NO. The maximum atomic E-state index is 13.6. The highest BCUT2D eigenvalue weighted by atomic mass is 19.1. The summed E-state index contributed by atoms with van der Waals surface area (Å²) in [4.78, 5) is 2.48. The first-order chi connectivity index (χ1) is 12.0. The second-order valence-electron chi connectivity index (χ2n) is 7.49. The SMILES string of the molecule is OC1(c2cc(F)cc(F)c2)CC2CCCC(C1)N2Cc1ccccc1. The van der Waals surface area contributed by atoms with Crippen molar-refractivity contribution in [2.24, 2.45) is 0 Å². The van der Waals surface area contributed by atoms with E-state index >= 15 is 0 Å². The standard InChI is InChI=1S/C21H23F2NO/c22-17-9-16(10-18(23)11-17)21(25)12-19-7-4-8-20(13-21)24(19)14-15-5-2-1-3-6-15/h1-3,5-6,9-11,19-20,25H,4,7-8,12-14H2. The Bertz CT molecular complexity index is 715. The minimum absolute atomic E-state index is 0.240. The molecule has 25 heavy (non-hydrogen) atoms. The van der Waals surface area contributed by atoms with Crippen LogP contribution in [0.5, 0.6) is 0 Å². The highest BCUT2D eigenvalue weighted by Crippen LogP contribution is 2.45. The molecule has 2 bridgehead atoms. The predicted molar refractivity (Wildman–Crippen MR) is 92.9 cm³/mol. The fraction of sp³-hybridized carbons (Fsp3) is 0.429. The molecule has 4 rings (SSSR count). The van der Waals surface area contributed by atoms with Gasteiger partial charge in [0, 0.05) is 24.7 Å². The van der Waals surface area contributed by atoms with Crippen LogP contribution in [-0.4, -0.2) is 22.1 Å². The zero-order valence-corrected chi connectivity index (χ0v) is 14.2. The lowest BCUT2D eigenvalue weighted by molar-refractivity contribution is -0.100. The van der Waals surface area contributed by atoms with Crippen LogP contribution in [0.1, 0.15) is 43.2 Å². The van der Waals surface area contributed by atoms with E-state index < -0.39 is 17.2 Å². The highest BCUT2D eigenvalue weighted by Gasteiger charge is 2.46. The Kier molecular flexibility index (Phi) is 4.34. The number of fused-ring (bicyclic) bond motifs is 2. The summed E-state index contributed by atoms with van der Waals surface area (Å²) in [7, 11) is 0. The van der Waals surface area contributed by atoms with Crippen molar-refractivity contribution in [3.05, 3.63) is 71.3 Å². The molecule has 2 aliphatic rings. The van der Waals surface area contributed by atoms with Gasteiger partial charge in [-0.05, 0) is 48.9 Å². The summed E-state index contributed by atoms with van der Waals surface area (Å²) < 4.78 is 27.3. The van der Waals surface area contributed by atoms with Crippen LogP contribution in [0.3, 0.4) is 0 Å². The summed E-state index contributed by atoms with van der Waals surface area (Å²) in [6.45, 7) is 0.865. The van der Waals surface area contributed by atoms with Crippen molar-refractivity contribution in [3.63, 3.8) is 0 Å². The minimum atomic E-state index is -1.15. The topological polar surface area (TPSA) is 23.5 Å². The maximum Gasteiger partial charge on any atom is 0.126 e. The number of hydrogen-bond acceptors (Lipinski definition) is 2. The quantitative estimate of drug-likeness (QED) is 0.894. The van der Waals surface area contributed by atoms with Gasteiger partial charge >= 0.3 is 0 Å². The average molecular weight is 343 g/mol. The Morgan fingerprint density at radius 3 is 2.16 bits per heavy atom. The first kappa shape index (κ1) is 16.7. The molecule has 4 heteroatoms. The molecule has 2 aromatic carbocycles. The molecule has 2 atom stereocenters. The Morgan fingerprint density at radius 1 is 0.960 bits per heavy atom. The van der Waals surface area contributed by atoms with E-state index in [0.717, 1.165) is 31.9 Å². The van der Waals surface area contributed by atoms with E-state index in [0.29, 0.717) is 18.4 Å². The Labute approximate surface area is 147 Å². The molecule has 2 saturated heterocycles. The average Bonchev–Trinajstić information content (AvgIpc) is 2.56. The number of piperidine rings is 2. The highest BCUT2D eigenvalue weighted by molar-refractivity contribution is 5.27. The predicted octanol–water partition coefficient (Wildman–Crippen LogP) is 4.37. The van der Waals surface area contributed by atoms with E-state index in [-0.39, 0.29) is 12.1 Å². The molecule has 0 radical (unpaired) electrons. The van der Waals surface area contributed by atoms with E-state index in [4.69, 9.17) is 0 Å². The monoisotopic (exact) mass is 343 g/mol. The number of halogens is 2. The van der Waals surface area contributed by atoms with Crippen molar-refractivity contribution in [2.75, 3.05) is 0 Å². The summed E-state index contributed by atoms with van der Waals surface area (Å²) in [6.07, 6.45) is 4.24. The lowest BCUT2D eigenvalue weighted by atomic mass is 9.72. The zero-order valence-electron chi connectivity index (χ0n) is 14.2. The first-order valence-electron chi connectivity index (χ1n) is 9.02. The van der Waals surface area contributed by atoms with Crippen molar-refractivity contribution in [1.82, 2.24) is 4.90 Å². The van der Waals surface area contributed by atoms with Gasteiger partial charge in [-0.3, -0.25) is 4.90 Å². The van der Waals surface area contributed by atoms with E-state index in [1.807, 2.05) is 18.2 Å². The fourth-order valence-corrected chi connectivity index (χ4v) is 4.63. The molecule has 0 amide bonds. The van der Waals surface area contributed by atoms with Gasteiger partial charge in [0.2, 0.25) is 0 Å². The molecule has 0 spiro atoms. The third kappa shape index (κ3) is 3.33. The molecule has 2 aromatic rings. The third-order valence-electron chi connectivity index (χ3n) is 5.77. The van der Waals surface area contributed by atoms with Crippen LogP contribution in [0.4, 0.5) is 8.78 Å². The van der Waals surface area contributed by atoms with Gasteiger partial charge in [-0.25, -0.2) is 8.78 Å². The molecule has 2 nitrogen and oxygen atoms in total. The second-order valence-corrected chi connectivity index (χ2v) is 7.49. The Morgan fingerprint density at radius 2 is 1.56 bits per heavy atom. The normalized spacial score (nSPS) is 29.6. The van der Waals surface area contributed by atoms with Gasteiger partial charge in [0.1, 0.15) is 11.6 Å². The van der Waals surface area contributed by atoms with Crippen molar-refractivity contribution in [3.8, 4) is 0 Å². The number of hydrogen-bond donors (Lipinski definition) is 1. The summed E-state index contributed by atoms with van der Waals surface area (Å²) in [5.41, 5.74) is 0.495. The first-order valence-corrected chi connectivity index (χ1v) is 9.02. The van der Waals surface area contributed by atoms with Crippen molar-refractivity contribution < 1.29 is 13.9 Å². The Hall–Kier alpha value is -1.78. The molecule has 2 aliphatic heterocycles. The van der Waals surface area contributed by atoms with Gasteiger partial charge in [-0.2, -0.15) is 0 Å². The van der Waals surface area contributed by atoms with Gasteiger partial charge in [-0.15, -0.1) is 0 Å². The fourth-order valence-electron chi connectivity index (χ4n) is 4.63. The summed E-state index contributed by atoms with van der Waals surface area (Å²) in [6, 6.07) is 14.2. The molecule has 2 heterocycles. The molecule has 132 valence electrons. The summed E-state index contributed by atoms with van der Waals surface area (Å²) >= 11 is 0. The van der Waals surface area contributed by atoms with E-state index in [1.54, 1.807) is 0 Å². The zero-order chi connectivity index (χ0) is 17.4. The number of aliphatic hydroxyl groups is 1. The number of benzene rings is 2. The number of nitrogens with zero attached hydrogens (tertiary/aromatic N) is 1. The van der Waals surface area contributed by atoms with Crippen LogP contribution in [0.2, 0.25) is 0 Å².